The maximum absolute atomic E-state index is 12.7. The number of rotatable bonds is 26. The van der Waals surface area contributed by atoms with Crippen LogP contribution in [0.1, 0.15) is 87.5 Å². The molecule has 3 aromatic carbocycles. The van der Waals surface area contributed by atoms with Crippen LogP contribution >= 0.6 is 12.0 Å². The molecular formula is C54H65N3O18S3. The number of allylic oxidation sites excluding steroid dienone is 7. The molecule has 2 N–H and O–H groups in total. The van der Waals surface area contributed by atoms with Crippen LogP contribution in [0.15, 0.2) is 110 Å². The topological polar surface area (TPSA) is 266 Å². The van der Waals surface area contributed by atoms with E-state index in [9.17, 15) is 45.6 Å². The molecule has 0 bridgehead atoms. The number of carbonyl (C=O) groups is 3. The van der Waals surface area contributed by atoms with Gasteiger partial charge in [0.25, 0.3) is 32.1 Å². The van der Waals surface area contributed by atoms with Crippen molar-refractivity contribution < 1.29 is 88.1 Å². The zero-order valence-electron chi connectivity index (χ0n) is 44.5. The van der Waals surface area contributed by atoms with Gasteiger partial charge in [0.1, 0.15) is 18.1 Å². The van der Waals surface area contributed by atoms with Gasteiger partial charge in [-0.25, -0.2) is 4.79 Å². The summed E-state index contributed by atoms with van der Waals surface area (Å²) in [5.41, 5.74) is 6.34. The maximum Gasteiger partial charge on any atom is 0.335 e. The molecule has 3 aromatic rings. The normalized spacial score (nSPS) is 20.8. The lowest BCUT2D eigenvalue weighted by molar-refractivity contribution is -0.777. The van der Waals surface area contributed by atoms with Crippen LogP contribution in [0, 0.1) is 13.8 Å². The summed E-state index contributed by atoms with van der Waals surface area (Å²) in [5.74, 6) is -1.25. The number of benzene rings is 3. The Balaban J connectivity index is 1.34. The van der Waals surface area contributed by atoms with E-state index in [-0.39, 0.29) is 61.2 Å². The van der Waals surface area contributed by atoms with Crippen LogP contribution < -0.4 is 14.9 Å². The molecule has 24 heteroatoms. The first-order valence-corrected chi connectivity index (χ1v) is 28.7. The van der Waals surface area contributed by atoms with Crippen LogP contribution in [0.5, 0.6) is 5.75 Å². The van der Waals surface area contributed by atoms with Gasteiger partial charge in [0.05, 0.1) is 46.9 Å². The van der Waals surface area contributed by atoms with Gasteiger partial charge in [-0.2, -0.15) is 25.7 Å². The van der Waals surface area contributed by atoms with Gasteiger partial charge >= 0.3 is 5.97 Å². The van der Waals surface area contributed by atoms with Gasteiger partial charge in [-0.3, -0.25) is 23.7 Å². The zero-order valence-corrected chi connectivity index (χ0v) is 47.0. The number of hydrogen-bond acceptors (Lipinski definition) is 18. The Morgan fingerprint density at radius 1 is 0.782 bits per heavy atom. The van der Waals surface area contributed by atoms with Gasteiger partial charge in [-0.1, -0.05) is 6.08 Å². The summed E-state index contributed by atoms with van der Waals surface area (Å²) in [4.78, 5) is 43.7. The van der Waals surface area contributed by atoms with Crippen molar-refractivity contribution in [3.63, 3.8) is 0 Å². The van der Waals surface area contributed by atoms with E-state index >= 15 is 0 Å². The van der Waals surface area contributed by atoms with Crippen molar-refractivity contribution in [2.75, 3.05) is 72.4 Å². The van der Waals surface area contributed by atoms with Crippen molar-refractivity contribution in [1.29, 1.82) is 0 Å². The predicted molar refractivity (Wildman–Crippen MR) is 283 cm³/mol. The molecular weight excluding hydrogens is 1070 g/mol. The molecule has 1 fully saturated rings. The minimum atomic E-state index is -4.65. The van der Waals surface area contributed by atoms with Gasteiger partial charge in [-0.15, -0.1) is 5.06 Å². The van der Waals surface area contributed by atoms with Crippen LogP contribution in [0.3, 0.4) is 0 Å². The number of aryl methyl sites for hydroxylation is 2. The lowest BCUT2D eigenvalue weighted by Crippen LogP contribution is -2.33. The molecule has 3 heterocycles. The minimum Gasteiger partial charge on any atom is -0.691 e. The molecule has 7 rings (SSSR count). The SMILES string of the molecule is COCC[N+]1=C(/C=C/C2=C(Oc3ccc(S(=O)(=O)O)cc3)C(=C/C=C3/N(CCOCCC(=O)ON4C(=O)CCC4=O)c4c(C)cc(S(=O)(=O)O)cc4C3(C)CCOC)/CCC2)C(C)(CCOC)c2cc(SOO[O-])cc(C)c21. The molecule has 0 aromatic heterocycles. The third-order valence-electron chi connectivity index (χ3n) is 14.4. The molecule has 0 radical (unpaired) electrons. The zero-order chi connectivity index (χ0) is 56.6. The summed E-state index contributed by atoms with van der Waals surface area (Å²) in [6.07, 6.45) is 10.3. The summed E-state index contributed by atoms with van der Waals surface area (Å²) in [7, 11) is -4.34. The fourth-order valence-electron chi connectivity index (χ4n) is 10.5. The van der Waals surface area contributed by atoms with Crippen LogP contribution in [0.4, 0.5) is 11.4 Å². The molecule has 78 heavy (non-hydrogen) atoms. The second-order valence-corrected chi connectivity index (χ2v) is 23.2. The Morgan fingerprint density at radius 3 is 2.09 bits per heavy atom. The first kappa shape index (κ1) is 60.0. The van der Waals surface area contributed by atoms with Crippen molar-refractivity contribution in [3.05, 3.63) is 118 Å². The highest BCUT2D eigenvalue weighted by Gasteiger charge is 2.49. The third-order valence-corrected chi connectivity index (χ3v) is 16.6. The van der Waals surface area contributed by atoms with Crippen LogP contribution in [0.2, 0.25) is 0 Å². The number of carbonyl (C=O) groups excluding carboxylic acids is 3. The molecule has 422 valence electrons. The molecule has 2 amide bonds. The van der Waals surface area contributed by atoms with E-state index in [1.165, 1.54) is 36.4 Å². The summed E-state index contributed by atoms with van der Waals surface area (Å²) < 4.78 is 106. The maximum atomic E-state index is 12.7. The largest absolute Gasteiger partial charge is 0.691 e. The van der Waals surface area contributed by atoms with Gasteiger partial charge in [-0.05, 0) is 143 Å². The quantitative estimate of drug-likeness (QED) is 0.0160. The highest BCUT2D eigenvalue weighted by atomic mass is 32.2. The minimum absolute atomic E-state index is 0.0444. The van der Waals surface area contributed by atoms with Crippen molar-refractivity contribution in [2.45, 2.75) is 105 Å². The highest BCUT2D eigenvalue weighted by Crippen LogP contribution is 2.53. The number of fused-ring (bicyclic) bond motifs is 2. The second-order valence-electron chi connectivity index (χ2n) is 19.5. The Hall–Kier alpha value is -5.61. The van der Waals surface area contributed by atoms with E-state index in [4.69, 9.17) is 32.9 Å². The Bertz CT molecular complexity index is 3150. The average molecular weight is 1140 g/mol. The number of imide groups is 1. The van der Waals surface area contributed by atoms with Gasteiger partial charge in [0.2, 0.25) is 5.69 Å². The summed E-state index contributed by atoms with van der Waals surface area (Å²) in [6, 6.07) is 12.2. The number of anilines is 1. The van der Waals surface area contributed by atoms with Crippen LogP contribution in [0.25, 0.3) is 0 Å². The van der Waals surface area contributed by atoms with Gasteiger partial charge in [0, 0.05) is 92.8 Å². The fraction of sp³-hybridized carbons (Fsp3) is 0.444. The number of hydroxylamine groups is 2. The third kappa shape index (κ3) is 13.3. The van der Waals surface area contributed by atoms with Crippen LogP contribution in [-0.4, -0.2) is 127 Å². The Labute approximate surface area is 458 Å². The summed E-state index contributed by atoms with van der Waals surface area (Å²) in [6.45, 7) is 9.51. The smallest absolute Gasteiger partial charge is 0.335 e. The second kappa shape index (κ2) is 25.7. The number of ether oxygens (including phenoxy) is 5. The first-order valence-electron chi connectivity index (χ1n) is 25.1. The molecule has 4 aliphatic rings. The average Bonchev–Trinajstić information content (AvgIpc) is 3.98. The Morgan fingerprint density at radius 2 is 1.45 bits per heavy atom. The van der Waals surface area contributed by atoms with Gasteiger partial charge in [0.15, 0.2) is 12.3 Å². The number of nitrogens with zero attached hydrogens (tertiary/aromatic N) is 3. The van der Waals surface area contributed by atoms with Crippen LogP contribution in [-0.2, 0) is 78.6 Å². The number of hydrogen-bond donors (Lipinski definition) is 2. The van der Waals surface area contributed by atoms with E-state index in [1.807, 2.05) is 49.1 Å². The molecule has 2 atom stereocenters. The highest BCUT2D eigenvalue weighted by molar-refractivity contribution is 7.94. The van der Waals surface area contributed by atoms with Crippen molar-refractivity contribution in [2.24, 2.45) is 0 Å². The van der Waals surface area contributed by atoms with E-state index in [0.717, 1.165) is 45.7 Å². The molecule has 1 saturated heterocycles. The number of amides is 2. The Kier molecular flexibility index (Phi) is 19.8. The first-order chi connectivity index (χ1) is 37.1. The van der Waals surface area contributed by atoms with E-state index in [0.29, 0.717) is 90.1 Å². The van der Waals surface area contributed by atoms with Crippen molar-refractivity contribution >= 4 is 67.1 Å². The standard InChI is InChI=1S/C54H65N3O18S3/c1-35-31-40(76-75-74-61)33-43-50(35)55(24-29-70-7)45(53(43,3)22-27-68-5)17-11-37-9-8-10-38(52(37)72-39-13-15-41(16-14-39)77(62,63)64)12-18-46-54(4,23-28-69-6)44-34-42(78(65,66)67)32-36(2)51(44)56(46)25-30-71-26-21-49(60)73-57-47(58)19-20-48(57)59/h11-18,31-34H,8-10,19-30H2,1-7H3,(H2-,61,62,63,64,65,66,67). The summed E-state index contributed by atoms with van der Waals surface area (Å²) >= 11 is 0.810. The van der Waals surface area contributed by atoms with E-state index < -0.39 is 48.8 Å². The lowest BCUT2D eigenvalue weighted by Gasteiger charge is -2.30. The fourth-order valence-corrected chi connectivity index (χ4v) is 12.0. The summed E-state index contributed by atoms with van der Waals surface area (Å²) in [5, 5.41) is 15.0. The van der Waals surface area contributed by atoms with Crippen molar-refractivity contribution in [3.8, 4) is 5.75 Å². The monoisotopic (exact) mass is 1140 g/mol. The molecule has 21 nitrogen and oxygen atoms in total. The van der Waals surface area contributed by atoms with Crippen molar-refractivity contribution in [1.82, 2.24) is 5.06 Å². The molecule has 0 spiro atoms. The number of methoxy groups -OCH3 is 3. The van der Waals surface area contributed by atoms with E-state index in [1.54, 1.807) is 28.3 Å². The molecule has 0 saturated carbocycles. The molecule has 3 aliphatic heterocycles. The molecule has 1 aliphatic carbocycles. The predicted octanol–water partition coefficient (Wildman–Crippen LogP) is 6.78. The lowest BCUT2D eigenvalue weighted by atomic mass is 9.76. The molecule has 2 unspecified atom stereocenters. The van der Waals surface area contributed by atoms with E-state index in [2.05, 4.69) is 22.6 Å². The van der Waals surface area contributed by atoms with Gasteiger partial charge < -0.3 is 38.7 Å².